The zero-order valence-electron chi connectivity index (χ0n) is 19.4. The number of aromatic nitrogens is 2. The standard InChI is InChI=1S/C27H21Cl3F2N4O/c28-21-12-19-20-15-35(8-1-2-17-3-4-18(31)11-23(17)32)9-6-24(20)36(25(19)13-22(21)29)27(37)34-14-16-5-7-33-26(30)10-16/h1-5,7,10-13H,6,8-9,14-15H2,(H,34,37)/b2-1+. The molecule has 0 radical (unpaired) electrons. The van der Waals surface area contributed by atoms with Gasteiger partial charge in [-0.1, -0.05) is 47.0 Å². The third kappa shape index (κ3) is 5.50. The number of nitrogens with one attached hydrogen (secondary N) is 1. The van der Waals surface area contributed by atoms with Crippen molar-refractivity contribution in [2.45, 2.75) is 19.5 Å². The Hall–Kier alpha value is -2.97. The number of hydrogen-bond acceptors (Lipinski definition) is 3. The second-order valence-electron chi connectivity index (χ2n) is 8.74. The molecular formula is C27H21Cl3F2N4O. The molecule has 0 saturated heterocycles. The van der Waals surface area contributed by atoms with Crippen LogP contribution in [-0.4, -0.2) is 33.6 Å². The maximum absolute atomic E-state index is 13.9. The van der Waals surface area contributed by atoms with E-state index in [0.29, 0.717) is 52.3 Å². The maximum atomic E-state index is 13.9. The van der Waals surface area contributed by atoms with Crippen LogP contribution in [-0.2, 0) is 19.5 Å². The summed E-state index contributed by atoms with van der Waals surface area (Å²) in [6.45, 7) is 2.10. The minimum atomic E-state index is -0.609. The van der Waals surface area contributed by atoms with Crippen LogP contribution in [0.4, 0.5) is 13.6 Å². The number of nitrogens with zero attached hydrogens (tertiary/aromatic N) is 3. The summed E-state index contributed by atoms with van der Waals surface area (Å²) >= 11 is 18.6. The lowest BCUT2D eigenvalue weighted by molar-refractivity contribution is 0.240. The zero-order valence-corrected chi connectivity index (χ0v) is 21.7. The highest BCUT2D eigenvalue weighted by Gasteiger charge is 2.27. The molecule has 2 aromatic heterocycles. The second-order valence-corrected chi connectivity index (χ2v) is 9.94. The van der Waals surface area contributed by atoms with Gasteiger partial charge in [-0.05, 0) is 47.5 Å². The summed E-state index contributed by atoms with van der Waals surface area (Å²) in [4.78, 5) is 19.5. The first-order valence-corrected chi connectivity index (χ1v) is 12.7. The molecule has 1 aliphatic rings. The van der Waals surface area contributed by atoms with Crippen LogP contribution < -0.4 is 5.32 Å². The highest BCUT2D eigenvalue weighted by molar-refractivity contribution is 6.42. The van der Waals surface area contributed by atoms with Gasteiger partial charge in [-0.25, -0.2) is 18.6 Å². The highest BCUT2D eigenvalue weighted by atomic mass is 35.5. The summed E-state index contributed by atoms with van der Waals surface area (Å²) in [5.41, 5.74) is 3.71. The molecular weight excluding hydrogens is 541 g/mol. The molecule has 0 unspecified atom stereocenters. The number of carbonyl (C=O) groups is 1. The molecule has 5 nitrogen and oxygen atoms in total. The SMILES string of the molecule is O=C(NCc1ccnc(Cl)c1)n1c2c(c3cc(Cl)c(Cl)cc31)CN(C/C=C/c1ccc(F)cc1F)CC2. The van der Waals surface area contributed by atoms with Gasteiger partial charge in [0.1, 0.15) is 16.8 Å². The van der Waals surface area contributed by atoms with E-state index in [1.54, 1.807) is 41.1 Å². The van der Waals surface area contributed by atoms with Crippen molar-refractivity contribution in [1.29, 1.82) is 0 Å². The number of rotatable bonds is 5. The minimum absolute atomic E-state index is 0.280. The monoisotopic (exact) mass is 560 g/mol. The Morgan fingerprint density at radius 1 is 1.08 bits per heavy atom. The molecule has 4 aromatic rings. The molecule has 1 amide bonds. The Morgan fingerprint density at radius 2 is 1.89 bits per heavy atom. The number of carbonyl (C=O) groups excluding carboxylic acids is 1. The van der Waals surface area contributed by atoms with Crippen LogP contribution >= 0.6 is 34.8 Å². The van der Waals surface area contributed by atoms with Gasteiger partial charge in [-0.15, -0.1) is 0 Å². The van der Waals surface area contributed by atoms with Crippen LogP contribution in [0.2, 0.25) is 15.2 Å². The normalized spacial score (nSPS) is 13.9. The van der Waals surface area contributed by atoms with E-state index in [2.05, 4.69) is 15.2 Å². The summed E-state index contributed by atoms with van der Waals surface area (Å²) in [5.74, 6) is -1.21. The number of halogens is 5. The van der Waals surface area contributed by atoms with Crippen molar-refractivity contribution in [3.63, 3.8) is 0 Å². The van der Waals surface area contributed by atoms with Crippen molar-refractivity contribution >= 4 is 57.8 Å². The number of benzene rings is 2. The van der Waals surface area contributed by atoms with E-state index in [4.69, 9.17) is 34.8 Å². The number of amides is 1. The Balaban J connectivity index is 1.40. The van der Waals surface area contributed by atoms with Crippen molar-refractivity contribution in [3.05, 3.63) is 104 Å². The molecule has 0 atom stereocenters. The fraction of sp³-hybridized carbons (Fsp3) is 0.185. The van der Waals surface area contributed by atoms with Crippen LogP contribution in [0.15, 0.2) is 54.7 Å². The number of fused-ring (bicyclic) bond motifs is 3. The minimum Gasteiger partial charge on any atom is -0.333 e. The van der Waals surface area contributed by atoms with Gasteiger partial charge in [-0.2, -0.15) is 0 Å². The Bertz CT molecular complexity index is 1540. The van der Waals surface area contributed by atoms with E-state index < -0.39 is 11.6 Å². The smallest absolute Gasteiger partial charge is 0.326 e. The first-order valence-electron chi connectivity index (χ1n) is 11.5. The summed E-state index contributed by atoms with van der Waals surface area (Å²) in [6, 6.07) is 10.2. The highest BCUT2D eigenvalue weighted by Crippen LogP contribution is 2.36. The van der Waals surface area contributed by atoms with Gasteiger partial charge in [0.15, 0.2) is 0 Å². The van der Waals surface area contributed by atoms with Crippen molar-refractivity contribution in [2.24, 2.45) is 0 Å². The van der Waals surface area contributed by atoms with Crippen molar-refractivity contribution in [3.8, 4) is 0 Å². The average Bonchev–Trinajstić information content (AvgIpc) is 3.17. The summed E-state index contributed by atoms with van der Waals surface area (Å²) in [7, 11) is 0. The van der Waals surface area contributed by atoms with Crippen molar-refractivity contribution in [2.75, 3.05) is 13.1 Å². The van der Waals surface area contributed by atoms with E-state index in [9.17, 15) is 13.6 Å². The van der Waals surface area contributed by atoms with E-state index in [1.807, 2.05) is 6.08 Å². The molecule has 0 fully saturated rings. The molecule has 0 spiro atoms. The van der Waals surface area contributed by atoms with E-state index in [-0.39, 0.29) is 12.6 Å². The summed E-state index contributed by atoms with van der Waals surface area (Å²) in [6.07, 6.45) is 5.69. The van der Waals surface area contributed by atoms with Gasteiger partial charge in [0.05, 0.1) is 15.6 Å². The molecule has 37 heavy (non-hydrogen) atoms. The van der Waals surface area contributed by atoms with Gasteiger partial charge < -0.3 is 5.32 Å². The molecule has 10 heteroatoms. The van der Waals surface area contributed by atoms with E-state index in [1.165, 1.54) is 12.1 Å². The van der Waals surface area contributed by atoms with E-state index >= 15 is 0 Å². The molecule has 2 aromatic carbocycles. The maximum Gasteiger partial charge on any atom is 0.326 e. The predicted octanol–water partition coefficient (Wildman–Crippen LogP) is 7.10. The summed E-state index contributed by atoms with van der Waals surface area (Å²) < 4.78 is 28.8. The van der Waals surface area contributed by atoms with Gasteiger partial charge >= 0.3 is 6.03 Å². The molecule has 0 saturated carbocycles. The fourth-order valence-corrected chi connectivity index (χ4v) is 5.09. The molecule has 3 heterocycles. The van der Waals surface area contributed by atoms with E-state index in [0.717, 1.165) is 28.3 Å². The first-order chi connectivity index (χ1) is 17.8. The fourth-order valence-electron chi connectivity index (χ4n) is 4.57. The predicted molar refractivity (Wildman–Crippen MR) is 143 cm³/mol. The van der Waals surface area contributed by atoms with Crippen LogP contribution in [0, 0.1) is 11.6 Å². The topological polar surface area (TPSA) is 50.2 Å². The molecule has 1 N–H and O–H groups in total. The van der Waals surface area contributed by atoms with Crippen LogP contribution in [0.5, 0.6) is 0 Å². The van der Waals surface area contributed by atoms with Gasteiger partial charge in [0, 0.05) is 61.5 Å². The number of pyridine rings is 1. The van der Waals surface area contributed by atoms with Gasteiger partial charge in [-0.3, -0.25) is 9.47 Å². The molecule has 1 aliphatic heterocycles. The van der Waals surface area contributed by atoms with Crippen LogP contribution in [0.3, 0.4) is 0 Å². The lowest BCUT2D eigenvalue weighted by atomic mass is 10.0. The third-order valence-corrected chi connectivity index (χ3v) is 7.26. The Morgan fingerprint density at radius 3 is 2.68 bits per heavy atom. The zero-order chi connectivity index (χ0) is 26.1. The van der Waals surface area contributed by atoms with Crippen molar-refractivity contribution < 1.29 is 13.6 Å². The lowest BCUT2D eigenvalue weighted by Gasteiger charge is -2.27. The molecule has 5 rings (SSSR count). The Kier molecular flexibility index (Phi) is 7.49. The van der Waals surface area contributed by atoms with Gasteiger partial charge in [0.25, 0.3) is 0 Å². The first kappa shape index (κ1) is 25.7. The van der Waals surface area contributed by atoms with Crippen LogP contribution in [0.25, 0.3) is 17.0 Å². The van der Waals surface area contributed by atoms with Crippen molar-refractivity contribution in [1.82, 2.24) is 19.8 Å². The molecule has 0 bridgehead atoms. The third-order valence-electron chi connectivity index (χ3n) is 6.33. The molecule has 190 valence electrons. The largest absolute Gasteiger partial charge is 0.333 e. The second kappa shape index (κ2) is 10.8. The quantitative estimate of drug-likeness (QED) is 0.264. The lowest BCUT2D eigenvalue weighted by Crippen LogP contribution is -2.34. The number of hydrogen-bond donors (Lipinski definition) is 1. The average molecular weight is 562 g/mol. The molecule has 0 aliphatic carbocycles. The van der Waals surface area contributed by atoms with Crippen LogP contribution in [0.1, 0.15) is 22.4 Å². The Labute approximate surface area is 227 Å². The van der Waals surface area contributed by atoms with Gasteiger partial charge in [0.2, 0.25) is 0 Å². The summed E-state index contributed by atoms with van der Waals surface area (Å²) in [5, 5.41) is 4.93.